The number of methoxy groups -OCH3 is 1. The lowest BCUT2D eigenvalue weighted by Gasteiger charge is -2.33. The molecule has 25 heavy (non-hydrogen) atoms. The molecule has 2 heterocycles. The zero-order valence-electron chi connectivity index (χ0n) is 14.6. The second-order valence-corrected chi connectivity index (χ2v) is 6.01. The topological polar surface area (TPSA) is 75.0 Å². The standard InChI is InChI=1S/C18H23N3O4/c1-3-20-8-10-21(11-9-20)18(23)17-16(19-15(22)12-24-2)13-6-4-5-7-14(13)25-17/h4-7H,3,8-12H2,1-2H3,(H,19,22). The Morgan fingerprint density at radius 3 is 2.60 bits per heavy atom. The molecule has 1 fully saturated rings. The molecule has 0 saturated carbocycles. The maximum absolute atomic E-state index is 13.0. The van der Waals surface area contributed by atoms with Gasteiger partial charge >= 0.3 is 0 Å². The Bertz CT molecular complexity index is 763. The molecule has 2 aromatic rings. The van der Waals surface area contributed by atoms with Crippen molar-refractivity contribution in [1.29, 1.82) is 0 Å². The van der Waals surface area contributed by atoms with Crippen molar-refractivity contribution >= 4 is 28.5 Å². The van der Waals surface area contributed by atoms with Crippen molar-refractivity contribution in [3.05, 3.63) is 30.0 Å². The second kappa shape index (κ2) is 7.67. The molecule has 1 aromatic heterocycles. The number of anilines is 1. The molecule has 1 N–H and O–H groups in total. The fourth-order valence-corrected chi connectivity index (χ4v) is 3.04. The molecule has 2 amide bonds. The molecule has 1 aromatic carbocycles. The minimum atomic E-state index is -0.320. The number of piperazine rings is 1. The Morgan fingerprint density at radius 2 is 1.92 bits per heavy atom. The summed E-state index contributed by atoms with van der Waals surface area (Å²) in [6.07, 6.45) is 0. The van der Waals surface area contributed by atoms with Crippen LogP contribution in [0.2, 0.25) is 0 Å². The lowest BCUT2D eigenvalue weighted by molar-refractivity contribution is -0.119. The zero-order valence-corrected chi connectivity index (χ0v) is 14.6. The first-order chi connectivity index (χ1) is 12.1. The van der Waals surface area contributed by atoms with Gasteiger partial charge in [-0.15, -0.1) is 0 Å². The maximum Gasteiger partial charge on any atom is 0.291 e. The first-order valence-electron chi connectivity index (χ1n) is 8.46. The molecule has 7 nitrogen and oxygen atoms in total. The third kappa shape index (κ3) is 3.67. The van der Waals surface area contributed by atoms with Gasteiger partial charge in [-0.3, -0.25) is 9.59 Å². The molecule has 3 rings (SSSR count). The van der Waals surface area contributed by atoms with E-state index >= 15 is 0 Å². The van der Waals surface area contributed by atoms with Crippen molar-refractivity contribution in [1.82, 2.24) is 9.80 Å². The monoisotopic (exact) mass is 345 g/mol. The molecule has 0 spiro atoms. The number of furan rings is 1. The number of carbonyl (C=O) groups is 2. The van der Waals surface area contributed by atoms with E-state index in [-0.39, 0.29) is 24.2 Å². The van der Waals surface area contributed by atoms with Gasteiger partial charge in [0.05, 0.1) is 0 Å². The molecule has 134 valence electrons. The van der Waals surface area contributed by atoms with E-state index in [0.29, 0.717) is 29.7 Å². The lowest BCUT2D eigenvalue weighted by Crippen LogP contribution is -2.48. The first-order valence-corrected chi connectivity index (χ1v) is 8.46. The highest BCUT2D eigenvalue weighted by molar-refractivity contribution is 6.11. The second-order valence-electron chi connectivity index (χ2n) is 6.01. The van der Waals surface area contributed by atoms with E-state index in [2.05, 4.69) is 17.1 Å². The summed E-state index contributed by atoms with van der Waals surface area (Å²) in [6.45, 7) is 5.99. The van der Waals surface area contributed by atoms with Crippen LogP contribution in [0.3, 0.4) is 0 Å². The van der Waals surface area contributed by atoms with Crippen LogP contribution in [-0.2, 0) is 9.53 Å². The average Bonchev–Trinajstić information content (AvgIpc) is 3.00. The number of likely N-dealkylation sites (N-methyl/N-ethyl adjacent to an activating group) is 1. The summed E-state index contributed by atoms with van der Waals surface area (Å²) in [7, 11) is 1.45. The van der Waals surface area contributed by atoms with Gasteiger partial charge in [0.15, 0.2) is 0 Å². The molecule has 0 aliphatic carbocycles. The first kappa shape index (κ1) is 17.4. The Labute approximate surface area is 146 Å². The van der Waals surface area contributed by atoms with Crippen molar-refractivity contribution in [3.63, 3.8) is 0 Å². The molecule has 0 bridgehead atoms. The number of rotatable bonds is 5. The van der Waals surface area contributed by atoms with Gasteiger partial charge in [-0.05, 0) is 18.7 Å². The van der Waals surface area contributed by atoms with Crippen molar-refractivity contribution in [2.24, 2.45) is 0 Å². The van der Waals surface area contributed by atoms with Gasteiger partial charge in [0.1, 0.15) is 17.9 Å². The number of para-hydroxylation sites is 1. The minimum Gasteiger partial charge on any atom is -0.449 e. The van der Waals surface area contributed by atoms with E-state index in [0.717, 1.165) is 19.6 Å². The van der Waals surface area contributed by atoms with E-state index in [1.807, 2.05) is 18.2 Å². The van der Waals surface area contributed by atoms with Crippen LogP contribution >= 0.6 is 0 Å². The van der Waals surface area contributed by atoms with Crippen LogP contribution in [0.15, 0.2) is 28.7 Å². The zero-order chi connectivity index (χ0) is 17.8. The molecule has 0 radical (unpaired) electrons. The lowest BCUT2D eigenvalue weighted by atomic mass is 10.2. The van der Waals surface area contributed by atoms with Crippen LogP contribution in [0.4, 0.5) is 5.69 Å². The Kier molecular flexibility index (Phi) is 5.35. The summed E-state index contributed by atoms with van der Waals surface area (Å²) >= 11 is 0. The molecule has 0 unspecified atom stereocenters. The molecular formula is C18H23N3O4. The van der Waals surface area contributed by atoms with E-state index in [9.17, 15) is 9.59 Å². The highest BCUT2D eigenvalue weighted by Gasteiger charge is 2.28. The highest BCUT2D eigenvalue weighted by Crippen LogP contribution is 2.32. The fourth-order valence-electron chi connectivity index (χ4n) is 3.04. The van der Waals surface area contributed by atoms with Crippen LogP contribution in [0.1, 0.15) is 17.5 Å². The Hall–Kier alpha value is -2.38. The van der Waals surface area contributed by atoms with Crippen molar-refractivity contribution in [3.8, 4) is 0 Å². The largest absolute Gasteiger partial charge is 0.449 e. The number of amides is 2. The van der Waals surface area contributed by atoms with Crippen LogP contribution in [-0.4, -0.2) is 68.1 Å². The predicted molar refractivity (Wildman–Crippen MR) is 94.7 cm³/mol. The molecule has 0 atom stereocenters. The summed E-state index contributed by atoms with van der Waals surface area (Å²) in [4.78, 5) is 29.0. The maximum atomic E-state index is 13.0. The van der Waals surface area contributed by atoms with Gasteiger partial charge in [0.25, 0.3) is 5.91 Å². The summed E-state index contributed by atoms with van der Waals surface area (Å²) < 4.78 is 10.6. The quantitative estimate of drug-likeness (QED) is 0.894. The molecule has 1 aliphatic heterocycles. The predicted octanol–water partition coefficient (Wildman–Crippen LogP) is 1.80. The van der Waals surface area contributed by atoms with E-state index in [1.54, 1.807) is 11.0 Å². The number of hydrogen-bond donors (Lipinski definition) is 1. The van der Waals surface area contributed by atoms with Crippen molar-refractivity contribution < 1.29 is 18.7 Å². The number of benzene rings is 1. The summed E-state index contributed by atoms with van der Waals surface area (Å²) in [5.41, 5.74) is 0.992. The Balaban J connectivity index is 1.89. The van der Waals surface area contributed by atoms with Crippen LogP contribution < -0.4 is 5.32 Å². The SMILES string of the molecule is CCN1CCN(C(=O)c2oc3ccccc3c2NC(=O)COC)CC1. The summed E-state index contributed by atoms with van der Waals surface area (Å²) in [6, 6.07) is 7.29. The third-order valence-corrected chi connectivity index (χ3v) is 4.44. The van der Waals surface area contributed by atoms with Crippen molar-refractivity contribution in [2.75, 3.05) is 51.8 Å². The normalized spacial score (nSPS) is 15.5. The molecule has 1 saturated heterocycles. The molecular weight excluding hydrogens is 322 g/mol. The van der Waals surface area contributed by atoms with Crippen LogP contribution in [0.25, 0.3) is 11.0 Å². The summed E-state index contributed by atoms with van der Waals surface area (Å²) in [5, 5.41) is 3.47. The van der Waals surface area contributed by atoms with E-state index < -0.39 is 0 Å². The van der Waals surface area contributed by atoms with Crippen LogP contribution in [0, 0.1) is 0 Å². The number of ether oxygens (including phenoxy) is 1. The van der Waals surface area contributed by atoms with Gasteiger partial charge in [0, 0.05) is 38.7 Å². The third-order valence-electron chi connectivity index (χ3n) is 4.44. The van der Waals surface area contributed by atoms with Crippen molar-refractivity contribution in [2.45, 2.75) is 6.92 Å². The number of fused-ring (bicyclic) bond motifs is 1. The molecule has 7 heteroatoms. The van der Waals surface area contributed by atoms with Gasteiger partial charge in [-0.1, -0.05) is 19.1 Å². The number of nitrogens with one attached hydrogen (secondary N) is 1. The average molecular weight is 345 g/mol. The molecule has 1 aliphatic rings. The number of nitrogens with zero attached hydrogens (tertiary/aromatic N) is 2. The van der Waals surface area contributed by atoms with E-state index in [4.69, 9.17) is 9.15 Å². The van der Waals surface area contributed by atoms with Gasteiger partial charge in [-0.2, -0.15) is 0 Å². The van der Waals surface area contributed by atoms with E-state index in [1.165, 1.54) is 7.11 Å². The van der Waals surface area contributed by atoms with Gasteiger partial charge in [-0.25, -0.2) is 0 Å². The Morgan fingerprint density at radius 1 is 1.20 bits per heavy atom. The van der Waals surface area contributed by atoms with Gasteiger partial charge in [0.2, 0.25) is 11.7 Å². The smallest absolute Gasteiger partial charge is 0.291 e. The summed E-state index contributed by atoms with van der Waals surface area (Å²) in [5.74, 6) is -0.339. The minimum absolute atomic E-state index is 0.0810. The number of hydrogen-bond acceptors (Lipinski definition) is 5. The number of carbonyl (C=O) groups excluding carboxylic acids is 2. The fraction of sp³-hybridized carbons (Fsp3) is 0.444. The van der Waals surface area contributed by atoms with Gasteiger partial charge < -0.3 is 24.3 Å². The highest BCUT2D eigenvalue weighted by atomic mass is 16.5. The van der Waals surface area contributed by atoms with Crippen LogP contribution in [0.5, 0.6) is 0 Å².